The van der Waals surface area contributed by atoms with Gasteiger partial charge in [-0.05, 0) is 54.1 Å². The molecular weight excluding hydrogens is 224 g/mol. The second kappa shape index (κ2) is 5.89. The molecule has 3 nitrogen and oxygen atoms in total. The van der Waals surface area contributed by atoms with Crippen molar-refractivity contribution in [2.45, 2.75) is 78.2 Å². The zero-order chi connectivity index (χ0) is 14.0. The molecule has 1 fully saturated rings. The van der Waals surface area contributed by atoms with Crippen molar-refractivity contribution in [2.75, 3.05) is 19.6 Å². The number of hydrogen-bond donors (Lipinski definition) is 1. The molecule has 0 aromatic heterocycles. The second-order valence-electron chi connectivity index (χ2n) is 6.70. The SMILES string of the molecule is CCN(CC)C(C)CNC1CC(C)(C)OC1(C)C. The van der Waals surface area contributed by atoms with Crippen LogP contribution in [0.25, 0.3) is 0 Å². The van der Waals surface area contributed by atoms with Crippen LogP contribution in [0.5, 0.6) is 0 Å². The highest BCUT2D eigenvalue weighted by molar-refractivity contribution is 4.99. The van der Waals surface area contributed by atoms with Crippen LogP contribution >= 0.6 is 0 Å². The van der Waals surface area contributed by atoms with Crippen molar-refractivity contribution in [1.29, 1.82) is 0 Å². The van der Waals surface area contributed by atoms with Crippen LogP contribution in [-0.2, 0) is 4.74 Å². The summed E-state index contributed by atoms with van der Waals surface area (Å²) in [7, 11) is 0. The number of nitrogens with zero attached hydrogens (tertiary/aromatic N) is 1. The van der Waals surface area contributed by atoms with Crippen LogP contribution in [0.2, 0.25) is 0 Å². The molecule has 1 saturated heterocycles. The van der Waals surface area contributed by atoms with E-state index in [4.69, 9.17) is 4.74 Å². The van der Waals surface area contributed by atoms with Gasteiger partial charge < -0.3 is 10.1 Å². The molecule has 0 bridgehead atoms. The number of rotatable bonds is 6. The van der Waals surface area contributed by atoms with Gasteiger partial charge in [0.2, 0.25) is 0 Å². The molecule has 0 aromatic rings. The van der Waals surface area contributed by atoms with Crippen LogP contribution in [0.1, 0.15) is 54.9 Å². The van der Waals surface area contributed by atoms with Crippen molar-refractivity contribution in [3.05, 3.63) is 0 Å². The molecule has 1 N–H and O–H groups in total. The van der Waals surface area contributed by atoms with Crippen LogP contribution in [0.15, 0.2) is 0 Å². The molecule has 1 aliphatic rings. The third kappa shape index (κ3) is 3.94. The summed E-state index contributed by atoms with van der Waals surface area (Å²) in [4.78, 5) is 2.49. The molecule has 108 valence electrons. The fourth-order valence-corrected chi connectivity index (χ4v) is 3.17. The van der Waals surface area contributed by atoms with Gasteiger partial charge in [-0.1, -0.05) is 13.8 Å². The van der Waals surface area contributed by atoms with Gasteiger partial charge in [0.05, 0.1) is 11.2 Å². The van der Waals surface area contributed by atoms with Crippen LogP contribution < -0.4 is 5.32 Å². The van der Waals surface area contributed by atoms with Crippen molar-refractivity contribution in [1.82, 2.24) is 10.2 Å². The fraction of sp³-hybridized carbons (Fsp3) is 1.00. The van der Waals surface area contributed by atoms with E-state index in [1.54, 1.807) is 0 Å². The molecule has 2 atom stereocenters. The second-order valence-corrected chi connectivity index (χ2v) is 6.70. The van der Waals surface area contributed by atoms with Gasteiger partial charge in [-0.15, -0.1) is 0 Å². The fourth-order valence-electron chi connectivity index (χ4n) is 3.17. The van der Waals surface area contributed by atoms with Crippen molar-refractivity contribution in [3.8, 4) is 0 Å². The van der Waals surface area contributed by atoms with E-state index in [0.717, 1.165) is 26.1 Å². The molecule has 1 rings (SSSR count). The molecule has 0 aromatic carbocycles. The Morgan fingerprint density at radius 2 is 1.78 bits per heavy atom. The van der Waals surface area contributed by atoms with Crippen LogP contribution in [0, 0.1) is 0 Å². The molecule has 2 unspecified atom stereocenters. The molecule has 0 saturated carbocycles. The largest absolute Gasteiger partial charge is 0.368 e. The molecule has 1 heterocycles. The first kappa shape index (κ1) is 15.9. The maximum atomic E-state index is 6.12. The summed E-state index contributed by atoms with van der Waals surface area (Å²) in [6, 6.07) is 1.03. The van der Waals surface area contributed by atoms with Gasteiger partial charge in [-0.25, -0.2) is 0 Å². The first-order valence-corrected chi connectivity index (χ1v) is 7.39. The Hall–Kier alpha value is -0.120. The summed E-state index contributed by atoms with van der Waals surface area (Å²) in [6.07, 6.45) is 1.09. The van der Waals surface area contributed by atoms with E-state index in [-0.39, 0.29) is 11.2 Å². The van der Waals surface area contributed by atoms with E-state index in [1.807, 2.05) is 0 Å². The quantitative estimate of drug-likeness (QED) is 0.791. The van der Waals surface area contributed by atoms with Crippen molar-refractivity contribution in [2.24, 2.45) is 0 Å². The first-order chi connectivity index (χ1) is 8.22. The van der Waals surface area contributed by atoms with Crippen molar-refractivity contribution < 1.29 is 4.74 Å². The van der Waals surface area contributed by atoms with Crippen molar-refractivity contribution >= 4 is 0 Å². The molecule has 3 heteroatoms. The zero-order valence-electron chi connectivity index (χ0n) is 13.3. The third-order valence-corrected chi connectivity index (χ3v) is 4.17. The van der Waals surface area contributed by atoms with E-state index in [0.29, 0.717) is 12.1 Å². The van der Waals surface area contributed by atoms with Gasteiger partial charge in [0.1, 0.15) is 0 Å². The molecule has 0 spiro atoms. The molecule has 0 aliphatic carbocycles. The molecule has 0 radical (unpaired) electrons. The standard InChI is InChI=1S/C15H32N2O/c1-8-17(9-2)12(3)11-16-13-10-14(4,5)18-15(13,6)7/h12-13,16H,8-11H2,1-7H3. The topological polar surface area (TPSA) is 24.5 Å². The summed E-state index contributed by atoms with van der Waals surface area (Å²) in [6.45, 7) is 18.8. The lowest BCUT2D eigenvalue weighted by atomic mass is 9.94. The number of ether oxygens (including phenoxy) is 1. The summed E-state index contributed by atoms with van der Waals surface area (Å²) in [5, 5.41) is 3.71. The average Bonchev–Trinajstić information content (AvgIpc) is 2.45. The molecule has 0 amide bonds. The van der Waals surface area contributed by atoms with E-state index in [2.05, 4.69) is 58.7 Å². The summed E-state index contributed by atoms with van der Waals surface area (Å²) >= 11 is 0. The van der Waals surface area contributed by atoms with Gasteiger partial charge in [-0.3, -0.25) is 4.90 Å². The Morgan fingerprint density at radius 1 is 1.22 bits per heavy atom. The Labute approximate surface area is 113 Å². The summed E-state index contributed by atoms with van der Waals surface area (Å²) < 4.78 is 6.12. The van der Waals surface area contributed by atoms with Gasteiger partial charge in [0.15, 0.2) is 0 Å². The molecular formula is C15H32N2O. The van der Waals surface area contributed by atoms with Gasteiger partial charge in [0.25, 0.3) is 0 Å². The van der Waals surface area contributed by atoms with Gasteiger partial charge >= 0.3 is 0 Å². The van der Waals surface area contributed by atoms with Gasteiger partial charge in [-0.2, -0.15) is 0 Å². The van der Waals surface area contributed by atoms with E-state index in [1.165, 1.54) is 0 Å². The minimum atomic E-state index is -0.0630. The Kier molecular flexibility index (Phi) is 5.22. The highest BCUT2D eigenvalue weighted by Crippen LogP contribution is 2.37. The van der Waals surface area contributed by atoms with Crippen molar-refractivity contribution in [3.63, 3.8) is 0 Å². The number of hydrogen-bond acceptors (Lipinski definition) is 3. The molecule has 18 heavy (non-hydrogen) atoms. The molecule has 1 aliphatic heterocycles. The minimum absolute atomic E-state index is 0.000392. The maximum Gasteiger partial charge on any atom is 0.0787 e. The van der Waals surface area contributed by atoms with Gasteiger partial charge in [0, 0.05) is 18.6 Å². The highest BCUT2D eigenvalue weighted by atomic mass is 16.5. The lowest BCUT2D eigenvalue weighted by Gasteiger charge is -2.31. The zero-order valence-corrected chi connectivity index (χ0v) is 13.3. The monoisotopic (exact) mass is 256 g/mol. The summed E-state index contributed by atoms with van der Waals surface area (Å²) in [5.41, 5.74) is -0.0634. The summed E-state index contributed by atoms with van der Waals surface area (Å²) in [5.74, 6) is 0. The van der Waals surface area contributed by atoms with Crippen LogP contribution in [0.3, 0.4) is 0 Å². The lowest BCUT2D eigenvalue weighted by molar-refractivity contribution is -0.0700. The van der Waals surface area contributed by atoms with E-state index >= 15 is 0 Å². The Bertz CT molecular complexity index is 259. The Balaban J connectivity index is 2.48. The lowest BCUT2D eigenvalue weighted by Crippen LogP contribution is -2.49. The normalized spacial score (nSPS) is 27.7. The first-order valence-electron chi connectivity index (χ1n) is 7.39. The number of nitrogens with one attached hydrogen (secondary N) is 1. The Morgan fingerprint density at radius 3 is 2.17 bits per heavy atom. The highest BCUT2D eigenvalue weighted by Gasteiger charge is 2.45. The number of likely N-dealkylation sites (N-methyl/N-ethyl adjacent to an activating group) is 1. The van der Waals surface area contributed by atoms with Crippen LogP contribution in [0.4, 0.5) is 0 Å². The van der Waals surface area contributed by atoms with E-state index in [9.17, 15) is 0 Å². The predicted octanol–water partition coefficient (Wildman–Crippen LogP) is 2.65. The predicted molar refractivity (Wildman–Crippen MR) is 78.0 cm³/mol. The smallest absolute Gasteiger partial charge is 0.0787 e. The third-order valence-electron chi connectivity index (χ3n) is 4.17. The minimum Gasteiger partial charge on any atom is -0.368 e. The van der Waals surface area contributed by atoms with E-state index < -0.39 is 0 Å². The average molecular weight is 256 g/mol. The maximum absolute atomic E-state index is 6.12. The van der Waals surface area contributed by atoms with Crippen LogP contribution in [-0.4, -0.2) is 47.8 Å².